The molecule has 0 bridgehead atoms. The van der Waals surface area contributed by atoms with Crippen LogP contribution in [0.3, 0.4) is 0 Å². The molecule has 1 aliphatic rings. The molecule has 16 heavy (non-hydrogen) atoms. The summed E-state index contributed by atoms with van der Waals surface area (Å²) in [7, 11) is 1.82. The Morgan fingerprint density at radius 2 is 2.31 bits per heavy atom. The van der Waals surface area contributed by atoms with Crippen LogP contribution < -0.4 is 10.1 Å². The van der Waals surface area contributed by atoms with Gasteiger partial charge in [-0.25, -0.2) is 0 Å². The van der Waals surface area contributed by atoms with Gasteiger partial charge < -0.3 is 15.2 Å². The third-order valence-corrected chi connectivity index (χ3v) is 3.04. The third kappa shape index (κ3) is 2.97. The molecule has 0 radical (unpaired) electrons. The molecule has 2 N–H and O–H groups in total. The first-order valence-electron chi connectivity index (χ1n) is 5.49. The summed E-state index contributed by atoms with van der Waals surface area (Å²) >= 11 is 3.41. The SMILES string of the molecule is CNCC(O)c1cc(Br)ccc1OC1CC1. The summed E-state index contributed by atoms with van der Waals surface area (Å²) in [6, 6.07) is 5.77. The molecule has 1 atom stereocenters. The van der Waals surface area contributed by atoms with Crippen molar-refractivity contribution in [2.24, 2.45) is 0 Å². The Kier molecular flexibility index (Phi) is 3.84. The average Bonchev–Trinajstić information content (AvgIpc) is 3.05. The van der Waals surface area contributed by atoms with E-state index in [2.05, 4.69) is 21.2 Å². The molecule has 3 nitrogen and oxygen atoms in total. The van der Waals surface area contributed by atoms with E-state index in [0.29, 0.717) is 12.6 Å². The van der Waals surface area contributed by atoms with E-state index in [0.717, 1.165) is 28.6 Å². The summed E-state index contributed by atoms with van der Waals surface area (Å²) in [5.74, 6) is 0.799. The molecule has 1 unspecified atom stereocenters. The second-order valence-corrected chi connectivity index (χ2v) is 4.99. The van der Waals surface area contributed by atoms with Crippen LogP contribution in [0, 0.1) is 0 Å². The molecule has 1 aliphatic carbocycles. The zero-order valence-corrected chi connectivity index (χ0v) is 10.8. The minimum Gasteiger partial charge on any atom is -0.490 e. The van der Waals surface area contributed by atoms with Gasteiger partial charge in [0.15, 0.2) is 0 Å². The highest BCUT2D eigenvalue weighted by Gasteiger charge is 2.25. The Morgan fingerprint density at radius 3 is 2.94 bits per heavy atom. The molecule has 0 saturated heterocycles. The Bertz CT molecular complexity index is 366. The molecule has 1 saturated carbocycles. The molecule has 1 fully saturated rings. The summed E-state index contributed by atoms with van der Waals surface area (Å²) in [5.41, 5.74) is 0.843. The van der Waals surface area contributed by atoms with Crippen LogP contribution in [0.4, 0.5) is 0 Å². The van der Waals surface area contributed by atoms with Crippen LogP contribution in [0.2, 0.25) is 0 Å². The van der Waals surface area contributed by atoms with Gasteiger partial charge in [-0.2, -0.15) is 0 Å². The molecule has 2 rings (SSSR count). The number of rotatable bonds is 5. The zero-order valence-electron chi connectivity index (χ0n) is 9.24. The number of ether oxygens (including phenoxy) is 1. The van der Waals surface area contributed by atoms with Crippen LogP contribution in [-0.2, 0) is 0 Å². The number of hydrogen-bond donors (Lipinski definition) is 2. The van der Waals surface area contributed by atoms with Crippen molar-refractivity contribution in [2.75, 3.05) is 13.6 Å². The van der Waals surface area contributed by atoms with E-state index >= 15 is 0 Å². The van der Waals surface area contributed by atoms with Gasteiger partial charge in [0.05, 0.1) is 12.2 Å². The zero-order chi connectivity index (χ0) is 11.5. The Hall–Kier alpha value is -0.580. The van der Waals surface area contributed by atoms with Crippen molar-refractivity contribution in [3.05, 3.63) is 28.2 Å². The van der Waals surface area contributed by atoms with Crippen molar-refractivity contribution >= 4 is 15.9 Å². The molecule has 1 aromatic carbocycles. The summed E-state index contributed by atoms with van der Waals surface area (Å²) < 4.78 is 6.73. The maximum Gasteiger partial charge on any atom is 0.125 e. The first-order chi connectivity index (χ1) is 7.70. The van der Waals surface area contributed by atoms with Crippen LogP contribution in [0.1, 0.15) is 24.5 Å². The second-order valence-electron chi connectivity index (χ2n) is 4.07. The van der Waals surface area contributed by atoms with Gasteiger partial charge in [-0.15, -0.1) is 0 Å². The predicted molar refractivity (Wildman–Crippen MR) is 66.7 cm³/mol. The maximum atomic E-state index is 10.00. The maximum absolute atomic E-state index is 10.00. The van der Waals surface area contributed by atoms with Crippen molar-refractivity contribution in [2.45, 2.75) is 25.0 Å². The number of likely N-dealkylation sites (N-methyl/N-ethyl adjacent to an activating group) is 1. The number of halogens is 1. The van der Waals surface area contributed by atoms with Crippen LogP contribution in [-0.4, -0.2) is 24.8 Å². The molecule has 0 amide bonds. The van der Waals surface area contributed by atoms with Gasteiger partial charge in [-0.05, 0) is 38.1 Å². The fraction of sp³-hybridized carbons (Fsp3) is 0.500. The standard InChI is InChI=1S/C12H16BrNO2/c1-14-7-11(15)10-6-8(13)2-5-12(10)16-9-3-4-9/h2,5-6,9,11,14-15H,3-4,7H2,1H3. The van der Waals surface area contributed by atoms with E-state index in [1.807, 2.05) is 25.2 Å². The fourth-order valence-corrected chi connectivity index (χ4v) is 1.93. The molecular weight excluding hydrogens is 270 g/mol. The summed E-state index contributed by atoms with van der Waals surface area (Å²) in [4.78, 5) is 0. The van der Waals surface area contributed by atoms with Gasteiger partial charge in [0, 0.05) is 16.6 Å². The van der Waals surface area contributed by atoms with E-state index in [9.17, 15) is 5.11 Å². The van der Waals surface area contributed by atoms with E-state index in [4.69, 9.17) is 4.74 Å². The fourth-order valence-electron chi connectivity index (χ4n) is 1.56. The molecule has 1 aromatic rings. The number of hydrogen-bond acceptors (Lipinski definition) is 3. The van der Waals surface area contributed by atoms with E-state index in [-0.39, 0.29) is 0 Å². The molecule has 4 heteroatoms. The normalized spacial score (nSPS) is 17.2. The Balaban J connectivity index is 2.19. The number of nitrogens with one attached hydrogen (secondary N) is 1. The molecule has 0 aromatic heterocycles. The van der Waals surface area contributed by atoms with Gasteiger partial charge in [0.2, 0.25) is 0 Å². The molecular formula is C12H16BrNO2. The smallest absolute Gasteiger partial charge is 0.125 e. The number of aliphatic hydroxyl groups is 1. The highest BCUT2D eigenvalue weighted by Crippen LogP contribution is 2.33. The lowest BCUT2D eigenvalue weighted by Gasteiger charge is -2.16. The highest BCUT2D eigenvalue weighted by molar-refractivity contribution is 9.10. The summed E-state index contributed by atoms with van der Waals surface area (Å²) in [5, 5.41) is 13.0. The molecule has 0 aliphatic heterocycles. The quantitative estimate of drug-likeness (QED) is 0.872. The molecule has 88 valence electrons. The average molecular weight is 286 g/mol. The van der Waals surface area contributed by atoms with Crippen molar-refractivity contribution in [3.63, 3.8) is 0 Å². The lowest BCUT2D eigenvalue weighted by molar-refractivity contribution is 0.170. The number of benzene rings is 1. The van der Waals surface area contributed by atoms with Crippen LogP contribution in [0.15, 0.2) is 22.7 Å². The first-order valence-corrected chi connectivity index (χ1v) is 6.29. The van der Waals surface area contributed by atoms with Crippen molar-refractivity contribution < 1.29 is 9.84 Å². The van der Waals surface area contributed by atoms with Crippen LogP contribution in [0.25, 0.3) is 0 Å². The summed E-state index contributed by atoms with van der Waals surface area (Å²) in [6.07, 6.45) is 2.06. The van der Waals surface area contributed by atoms with Crippen molar-refractivity contribution in [1.82, 2.24) is 5.32 Å². The van der Waals surface area contributed by atoms with E-state index < -0.39 is 6.10 Å². The summed E-state index contributed by atoms with van der Waals surface area (Å²) in [6.45, 7) is 0.525. The third-order valence-electron chi connectivity index (χ3n) is 2.55. The lowest BCUT2D eigenvalue weighted by atomic mass is 10.1. The van der Waals surface area contributed by atoms with Crippen molar-refractivity contribution in [1.29, 1.82) is 0 Å². The lowest BCUT2D eigenvalue weighted by Crippen LogP contribution is -2.17. The van der Waals surface area contributed by atoms with Gasteiger partial charge >= 0.3 is 0 Å². The Labute approximate surface area is 104 Å². The monoisotopic (exact) mass is 285 g/mol. The second kappa shape index (κ2) is 5.17. The minimum absolute atomic E-state index is 0.349. The highest BCUT2D eigenvalue weighted by atomic mass is 79.9. The topological polar surface area (TPSA) is 41.5 Å². The van der Waals surface area contributed by atoms with E-state index in [1.165, 1.54) is 0 Å². The van der Waals surface area contributed by atoms with Gasteiger partial charge in [-0.3, -0.25) is 0 Å². The van der Waals surface area contributed by atoms with Crippen LogP contribution in [0.5, 0.6) is 5.75 Å². The largest absolute Gasteiger partial charge is 0.490 e. The minimum atomic E-state index is -0.531. The van der Waals surface area contributed by atoms with E-state index in [1.54, 1.807) is 0 Å². The predicted octanol–water partition coefficient (Wildman–Crippen LogP) is 2.24. The molecule has 0 spiro atoms. The molecule has 0 heterocycles. The number of aliphatic hydroxyl groups excluding tert-OH is 1. The van der Waals surface area contributed by atoms with Crippen LogP contribution >= 0.6 is 15.9 Å². The Morgan fingerprint density at radius 1 is 1.56 bits per heavy atom. The van der Waals surface area contributed by atoms with Gasteiger partial charge in [0.1, 0.15) is 5.75 Å². The first kappa shape index (κ1) is 11.9. The van der Waals surface area contributed by atoms with Gasteiger partial charge in [0.25, 0.3) is 0 Å². The van der Waals surface area contributed by atoms with Crippen molar-refractivity contribution in [3.8, 4) is 5.75 Å². The van der Waals surface area contributed by atoms with Gasteiger partial charge in [-0.1, -0.05) is 15.9 Å².